The number of carbonyl (C=O) groups is 3. The summed E-state index contributed by atoms with van der Waals surface area (Å²) in [6, 6.07) is 8.27. The van der Waals surface area contributed by atoms with E-state index >= 15 is 0 Å². The van der Waals surface area contributed by atoms with E-state index in [1.165, 1.54) is 12.8 Å². The van der Waals surface area contributed by atoms with Crippen molar-refractivity contribution in [2.75, 3.05) is 6.54 Å². The van der Waals surface area contributed by atoms with E-state index < -0.39 is 23.8 Å². The Kier molecular flexibility index (Phi) is 6.54. The zero-order valence-corrected chi connectivity index (χ0v) is 22.0. The predicted octanol–water partition coefficient (Wildman–Crippen LogP) is 4.69. The Hall–Kier alpha value is -2.57. The summed E-state index contributed by atoms with van der Waals surface area (Å²) < 4.78 is 11.2. The molecule has 2 amide bonds. The van der Waals surface area contributed by atoms with Crippen molar-refractivity contribution >= 4 is 18.0 Å². The van der Waals surface area contributed by atoms with Gasteiger partial charge in [-0.1, -0.05) is 37.3 Å². The summed E-state index contributed by atoms with van der Waals surface area (Å²) in [5, 5.41) is 3.02. The van der Waals surface area contributed by atoms with Crippen molar-refractivity contribution in [3.05, 3.63) is 35.9 Å². The van der Waals surface area contributed by atoms with Gasteiger partial charge in [-0.2, -0.15) is 0 Å². The first-order valence-electron chi connectivity index (χ1n) is 13.6. The van der Waals surface area contributed by atoms with E-state index in [1.54, 1.807) is 4.90 Å². The van der Waals surface area contributed by atoms with Crippen molar-refractivity contribution < 1.29 is 23.9 Å². The zero-order chi connectivity index (χ0) is 25.7. The smallest absolute Gasteiger partial charge is 0.408 e. The summed E-state index contributed by atoms with van der Waals surface area (Å²) in [6.07, 6.45) is 5.09. The molecule has 7 heteroatoms. The lowest BCUT2D eigenvalue weighted by molar-refractivity contribution is -0.222. The largest absolute Gasteiger partial charge is 0.459 e. The standard InChI is InChI=1S/C29H40N2O5/c1-18-13-20-14-21-16-29(15-18,23(20)21)24(30-27(34)36-28(2,3)4)25(32)31-12-8-11-22(31)26(33)35-17-19-9-6-5-7-10-19/h5-7,9-10,18,20-24H,8,11-17H2,1-4H3,(H,30,34). The molecular weight excluding hydrogens is 456 g/mol. The van der Waals surface area contributed by atoms with Crippen molar-refractivity contribution in [1.29, 1.82) is 0 Å². The quantitative estimate of drug-likeness (QED) is 0.578. The van der Waals surface area contributed by atoms with Crippen LogP contribution in [0.15, 0.2) is 30.3 Å². The molecule has 1 aromatic carbocycles. The second-order valence-corrected chi connectivity index (χ2v) is 12.6. The molecule has 4 aliphatic rings. The Morgan fingerprint density at radius 3 is 2.56 bits per heavy atom. The molecule has 5 rings (SSSR count). The van der Waals surface area contributed by atoms with E-state index in [0.29, 0.717) is 36.6 Å². The van der Waals surface area contributed by atoms with Crippen LogP contribution >= 0.6 is 0 Å². The molecule has 1 heterocycles. The van der Waals surface area contributed by atoms with E-state index in [9.17, 15) is 14.4 Å². The highest BCUT2D eigenvalue weighted by atomic mass is 16.6. The van der Waals surface area contributed by atoms with Crippen LogP contribution in [0.4, 0.5) is 4.79 Å². The molecule has 3 aliphatic carbocycles. The molecule has 4 fully saturated rings. The number of benzene rings is 1. The Bertz CT molecular complexity index is 1000. The lowest BCUT2D eigenvalue weighted by atomic mass is 9.34. The lowest BCUT2D eigenvalue weighted by Gasteiger charge is -2.71. The lowest BCUT2D eigenvalue weighted by Crippen LogP contribution is -2.72. The molecule has 0 aromatic heterocycles. The maximum absolute atomic E-state index is 14.2. The Morgan fingerprint density at radius 2 is 1.86 bits per heavy atom. The fourth-order valence-corrected chi connectivity index (χ4v) is 7.77. The van der Waals surface area contributed by atoms with Crippen molar-refractivity contribution in [2.24, 2.45) is 29.1 Å². The van der Waals surface area contributed by atoms with Gasteiger partial charge in [-0.25, -0.2) is 9.59 Å². The van der Waals surface area contributed by atoms with Crippen molar-refractivity contribution in [1.82, 2.24) is 10.2 Å². The monoisotopic (exact) mass is 496 g/mol. The number of alkyl carbamates (subject to hydrolysis) is 1. The highest BCUT2D eigenvalue weighted by Crippen LogP contribution is 2.72. The Morgan fingerprint density at radius 1 is 1.11 bits per heavy atom. The summed E-state index contributed by atoms with van der Waals surface area (Å²) in [5.41, 5.74) is 0.00601. The number of ether oxygens (including phenoxy) is 2. The molecular formula is C29H40N2O5. The summed E-state index contributed by atoms with van der Waals surface area (Å²) >= 11 is 0. The van der Waals surface area contributed by atoms with E-state index in [1.807, 2.05) is 51.1 Å². The second-order valence-electron chi connectivity index (χ2n) is 12.6. The Labute approximate surface area is 214 Å². The number of carbonyl (C=O) groups excluding carboxylic acids is 3. The number of amides is 2. The van der Waals surface area contributed by atoms with E-state index in [0.717, 1.165) is 24.8 Å². The first-order valence-corrected chi connectivity index (χ1v) is 13.6. The van der Waals surface area contributed by atoms with Gasteiger partial charge in [0, 0.05) is 12.0 Å². The molecule has 1 N–H and O–H groups in total. The van der Waals surface area contributed by atoms with Crippen LogP contribution < -0.4 is 5.32 Å². The van der Waals surface area contributed by atoms with Crippen LogP contribution in [0, 0.1) is 29.1 Å². The zero-order valence-electron chi connectivity index (χ0n) is 22.0. The molecule has 36 heavy (non-hydrogen) atoms. The summed E-state index contributed by atoms with van der Waals surface area (Å²) in [5.74, 6) is 1.75. The molecule has 196 valence electrons. The van der Waals surface area contributed by atoms with Gasteiger partial charge in [0.15, 0.2) is 0 Å². The molecule has 7 nitrogen and oxygen atoms in total. The summed E-state index contributed by atoms with van der Waals surface area (Å²) in [4.78, 5) is 41.9. The minimum absolute atomic E-state index is 0.154. The minimum Gasteiger partial charge on any atom is -0.459 e. The molecule has 0 radical (unpaired) electrons. The normalized spacial score (nSPS) is 33.4. The molecule has 1 aromatic rings. The third-order valence-corrected chi connectivity index (χ3v) is 8.88. The third-order valence-electron chi connectivity index (χ3n) is 8.88. The number of esters is 1. The molecule has 3 saturated carbocycles. The minimum atomic E-state index is -0.679. The van der Waals surface area contributed by atoms with Gasteiger partial charge in [-0.05, 0) is 88.5 Å². The van der Waals surface area contributed by atoms with Gasteiger partial charge in [0.25, 0.3) is 0 Å². The SMILES string of the molecule is CC1CC2CC3CC(C(NC(=O)OC(C)(C)C)C(=O)N4CCCC4C(=O)OCc4ccccc4)(C1)C23. The van der Waals surface area contributed by atoms with E-state index in [-0.39, 0.29) is 23.9 Å². The number of likely N-dealkylation sites (tertiary alicyclic amines) is 1. The van der Waals surface area contributed by atoms with Gasteiger partial charge in [0.1, 0.15) is 24.3 Å². The highest BCUT2D eigenvalue weighted by molar-refractivity contribution is 5.91. The van der Waals surface area contributed by atoms with Crippen LogP contribution in [0.2, 0.25) is 0 Å². The fraction of sp³-hybridized carbons (Fsp3) is 0.690. The predicted molar refractivity (Wildman–Crippen MR) is 135 cm³/mol. The topological polar surface area (TPSA) is 84.9 Å². The highest BCUT2D eigenvalue weighted by Gasteiger charge is 2.69. The van der Waals surface area contributed by atoms with Crippen LogP contribution in [0.3, 0.4) is 0 Å². The number of rotatable bonds is 6. The molecule has 7 unspecified atom stereocenters. The van der Waals surface area contributed by atoms with Gasteiger partial charge >= 0.3 is 12.1 Å². The van der Waals surface area contributed by atoms with Crippen LogP contribution in [-0.4, -0.2) is 47.1 Å². The van der Waals surface area contributed by atoms with Crippen molar-refractivity contribution in [3.8, 4) is 0 Å². The van der Waals surface area contributed by atoms with Gasteiger partial charge in [0.05, 0.1) is 0 Å². The fourth-order valence-electron chi connectivity index (χ4n) is 7.77. The average molecular weight is 497 g/mol. The molecule has 0 spiro atoms. The average Bonchev–Trinajstić information content (AvgIpc) is 3.27. The number of hydrogen-bond donors (Lipinski definition) is 1. The number of nitrogens with one attached hydrogen (secondary N) is 1. The van der Waals surface area contributed by atoms with E-state index in [4.69, 9.17) is 9.47 Å². The van der Waals surface area contributed by atoms with Crippen molar-refractivity contribution in [3.63, 3.8) is 0 Å². The van der Waals surface area contributed by atoms with Gasteiger partial charge in [-0.3, -0.25) is 4.79 Å². The van der Waals surface area contributed by atoms with Crippen LogP contribution in [-0.2, 0) is 25.7 Å². The van der Waals surface area contributed by atoms with Gasteiger partial charge in [0.2, 0.25) is 5.91 Å². The maximum Gasteiger partial charge on any atom is 0.408 e. The van der Waals surface area contributed by atoms with Gasteiger partial charge in [-0.15, -0.1) is 0 Å². The van der Waals surface area contributed by atoms with Gasteiger partial charge < -0.3 is 19.7 Å². The first-order chi connectivity index (χ1) is 17.1. The maximum atomic E-state index is 14.2. The van der Waals surface area contributed by atoms with Crippen LogP contribution in [0.1, 0.15) is 71.8 Å². The molecule has 1 aliphatic heterocycles. The van der Waals surface area contributed by atoms with Crippen LogP contribution in [0.25, 0.3) is 0 Å². The van der Waals surface area contributed by atoms with Crippen molar-refractivity contribution in [2.45, 2.75) is 90.5 Å². The molecule has 1 saturated heterocycles. The molecule has 0 bridgehead atoms. The number of nitrogens with zero attached hydrogens (tertiary/aromatic N) is 1. The van der Waals surface area contributed by atoms with Crippen LogP contribution in [0.5, 0.6) is 0 Å². The van der Waals surface area contributed by atoms with E-state index in [2.05, 4.69) is 12.2 Å². The summed E-state index contributed by atoms with van der Waals surface area (Å²) in [6.45, 7) is 8.42. The second kappa shape index (κ2) is 9.38. The number of hydrogen-bond acceptors (Lipinski definition) is 5. The first kappa shape index (κ1) is 25.1. The Balaban J connectivity index is 1.35. The summed E-state index contributed by atoms with van der Waals surface area (Å²) in [7, 11) is 0. The third kappa shape index (κ3) is 4.61. The molecule has 7 atom stereocenters.